The Hall–Kier alpha value is -1.17. The highest BCUT2D eigenvalue weighted by Crippen LogP contribution is 2.39. The van der Waals surface area contributed by atoms with Crippen molar-refractivity contribution in [3.8, 4) is 0 Å². The molecular weight excluding hydrogens is 361 g/mol. The van der Waals surface area contributed by atoms with Gasteiger partial charge in [-0.25, -0.2) is 9.97 Å². The first-order chi connectivity index (χ1) is 9.74. The third-order valence-electron chi connectivity index (χ3n) is 3.78. The van der Waals surface area contributed by atoms with Crippen molar-refractivity contribution in [2.24, 2.45) is 0 Å². The largest absolute Gasteiger partial charge is 0.369 e. The Bertz CT molecular complexity index is 640. The van der Waals surface area contributed by atoms with Crippen LogP contribution in [-0.4, -0.2) is 16.5 Å². The lowest BCUT2D eigenvalue weighted by Crippen LogP contribution is -2.22. The second-order valence-electron chi connectivity index (χ2n) is 5.03. The van der Waals surface area contributed by atoms with Crippen LogP contribution >= 0.6 is 22.6 Å². The lowest BCUT2D eigenvalue weighted by Gasteiger charge is -2.29. The van der Waals surface area contributed by atoms with Crippen molar-refractivity contribution in [3.63, 3.8) is 0 Å². The number of aryl methyl sites for hydroxylation is 1. The molecule has 0 bridgehead atoms. The van der Waals surface area contributed by atoms with Gasteiger partial charge in [0.1, 0.15) is 11.6 Å². The second-order valence-corrected chi connectivity index (χ2v) is 6.11. The summed E-state index contributed by atoms with van der Waals surface area (Å²) in [5.74, 6) is 2.32. The number of nitrogens with zero attached hydrogens (tertiary/aromatic N) is 2. The highest BCUT2D eigenvalue weighted by atomic mass is 127. The van der Waals surface area contributed by atoms with E-state index in [9.17, 15) is 0 Å². The molecule has 1 aliphatic carbocycles. The summed E-state index contributed by atoms with van der Waals surface area (Å²) in [7, 11) is 0. The Kier molecular flexibility index (Phi) is 3.92. The molecule has 1 aromatic carbocycles. The van der Waals surface area contributed by atoms with E-state index >= 15 is 0 Å². The van der Waals surface area contributed by atoms with Crippen LogP contribution in [0.15, 0.2) is 24.3 Å². The van der Waals surface area contributed by atoms with Gasteiger partial charge in [-0.05, 0) is 53.5 Å². The van der Waals surface area contributed by atoms with E-state index in [1.54, 1.807) is 0 Å². The quantitative estimate of drug-likeness (QED) is 0.823. The minimum atomic E-state index is 0.367. The van der Waals surface area contributed by atoms with Crippen molar-refractivity contribution in [1.29, 1.82) is 0 Å². The molecular formula is C16H18IN3. The molecule has 104 valence electrons. The fourth-order valence-electron chi connectivity index (χ4n) is 2.68. The first-order valence-electron chi connectivity index (χ1n) is 7.12. The summed E-state index contributed by atoms with van der Waals surface area (Å²) in [6.07, 6.45) is 2.01. The zero-order valence-corrected chi connectivity index (χ0v) is 13.9. The fraction of sp³-hybridized carbons (Fsp3) is 0.375. The van der Waals surface area contributed by atoms with Gasteiger partial charge in [-0.2, -0.15) is 0 Å². The van der Waals surface area contributed by atoms with Crippen molar-refractivity contribution >= 4 is 28.4 Å². The molecule has 1 aliphatic rings. The maximum absolute atomic E-state index is 4.80. The predicted molar refractivity (Wildman–Crippen MR) is 90.3 cm³/mol. The maximum Gasteiger partial charge on any atom is 0.143 e. The van der Waals surface area contributed by atoms with Crippen LogP contribution in [0.2, 0.25) is 0 Å². The van der Waals surface area contributed by atoms with Crippen LogP contribution in [0.3, 0.4) is 0 Å². The molecule has 0 radical (unpaired) electrons. The van der Waals surface area contributed by atoms with Gasteiger partial charge in [0, 0.05) is 12.5 Å². The fourth-order valence-corrected chi connectivity index (χ4v) is 3.49. The minimum absolute atomic E-state index is 0.367. The van der Waals surface area contributed by atoms with E-state index < -0.39 is 0 Å². The van der Waals surface area contributed by atoms with Crippen LogP contribution in [0.25, 0.3) is 0 Å². The first-order valence-corrected chi connectivity index (χ1v) is 8.20. The molecule has 20 heavy (non-hydrogen) atoms. The van der Waals surface area contributed by atoms with Gasteiger partial charge in [-0.3, -0.25) is 0 Å². The Labute approximate surface area is 133 Å². The standard InChI is InChI=1S/C16H18IN3/c1-3-13-14(17)16(18-4-2)20-15(19-13)12-9-10-7-5-6-8-11(10)12/h5-8,12H,3-4,9H2,1-2H3,(H,18,19,20). The maximum atomic E-state index is 4.80. The van der Waals surface area contributed by atoms with E-state index in [4.69, 9.17) is 9.97 Å². The summed E-state index contributed by atoms with van der Waals surface area (Å²) in [6, 6.07) is 8.60. The monoisotopic (exact) mass is 379 g/mol. The van der Waals surface area contributed by atoms with Gasteiger partial charge in [-0.1, -0.05) is 31.2 Å². The molecule has 4 heteroatoms. The summed E-state index contributed by atoms with van der Waals surface area (Å²) in [5.41, 5.74) is 3.97. The molecule has 0 spiro atoms. The smallest absolute Gasteiger partial charge is 0.143 e. The third kappa shape index (κ3) is 2.30. The van der Waals surface area contributed by atoms with Gasteiger partial charge >= 0.3 is 0 Å². The van der Waals surface area contributed by atoms with Gasteiger partial charge in [-0.15, -0.1) is 0 Å². The Morgan fingerprint density at radius 2 is 2.05 bits per heavy atom. The van der Waals surface area contributed by atoms with E-state index in [2.05, 4.69) is 66.0 Å². The van der Waals surface area contributed by atoms with Crippen molar-refractivity contribution in [2.75, 3.05) is 11.9 Å². The van der Waals surface area contributed by atoms with Gasteiger partial charge in [0.15, 0.2) is 0 Å². The normalized spacial score (nSPS) is 16.4. The number of rotatable bonds is 4. The average molecular weight is 379 g/mol. The van der Waals surface area contributed by atoms with Crippen molar-refractivity contribution in [1.82, 2.24) is 9.97 Å². The molecule has 0 aliphatic heterocycles. The Morgan fingerprint density at radius 3 is 2.75 bits per heavy atom. The molecule has 1 heterocycles. The van der Waals surface area contributed by atoms with Crippen LogP contribution in [-0.2, 0) is 12.8 Å². The topological polar surface area (TPSA) is 37.8 Å². The molecule has 1 N–H and O–H groups in total. The van der Waals surface area contributed by atoms with Crippen LogP contribution in [0.4, 0.5) is 5.82 Å². The molecule has 1 unspecified atom stereocenters. The molecule has 0 fully saturated rings. The van der Waals surface area contributed by atoms with Gasteiger partial charge < -0.3 is 5.32 Å². The van der Waals surface area contributed by atoms with E-state index in [1.165, 1.54) is 11.1 Å². The average Bonchev–Trinajstić information content (AvgIpc) is 2.43. The van der Waals surface area contributed by atoms with Crippen LogP contribution in [0.5, 0.6) is 0 Å². The molecule has 0 amide bonds. The van der Waals surface area contributed by atoms with E-state index in [0.717, 1.165) is 40.3 Å². The third-order valence-corrected chi connectivity index (χ3v) is 4.92. The summed E-state index contributed by atoms with van der Waals surface area (Å²) < 4.78 is 1.16. The van der Waals surface area contributed by atoms with Crippen molar-refractivity contribution in [2.45, 2.75) is 32.6 Å². The van der Waals surface area contributed by atoms with E-state index in [1.807, 2.05) is 0 Å². The molecule has 1 atom stereocenters. The molecule has 3 nitrogen and oxygen atoms in total. The number of benzene rings is 1. The lowest BCUT2D eigenvalue weighted by molar-refractivity contribution is 0.653. The number of nitrogens with one attached hydrogen (secondary N) is 1. The van der Waals surface area contributed by atoms with E-state index in [0.29, 0.717) is 5.92 Å². The van der Waals surface area contributed by atoms with Crippen molar-refractivity contribution < 1.29 is 0 Å². The Balaban J connectivity index is 2.01. The molecule has 1 aromatic heterocycles. The number of aromatic nitrogens is 2. The predicted octanol–water partition coefficient (Wildman–Crippen LogP) is 3.76. The lowest BCUT2D eigenvalue weighted by atomic mass is 9.77. The number of halogens is 1. The summed E-state index contributed by atoms with van der Waals surface area (Å²) in [4.78, 5) is 9.56. The van der Waals surface area contributed by atoms with Crippen LogP contribution in [0, 0.1) is 3.57 Å². The number of fused-ring (bicyclic) bond motifs is 1. The second kappa shape index (κ2) is 5.68. The summed E-state index contributed by atoms with van der Waals surface area (Å²) in [5, 5.41) is 3.36. The summed E-state index contributed by atoms with van der Waals surface area (Å²) >= 11 is 2.35. The number of hydrogen-bond acceptors (Lipinski definition) is 3. The van der Waals surface area contributed by atoms with Crippen LogP contribution in [0.1, 0.15) is 42.4 Å². The highest BCUT2D eigenvalue weighted by Gasteiger charge is 2.30. The highest BCUT2D eigenvalue weighted by molar-refractivity contribution is 14.1. The molecule has 2 aromatic rings. The van der Waals surface area contributed by atoms with E-state index in [-0.39, 0.29) is 0 Å². The first kappa shape index (κ1) is 13.8. The SMILES string of the molecule is CCNc1nc(C2Cc3ccccc32)nc(CC)c1I. The minimum Gasteiger partial charge on any atom is -0.369 e. The summed E-state index contributed by atoms with van der Waals surface area (Å²) in [6.45, 7) is 5.14. The number of hydrogen-bond donors (Lipinski definition) is 1. The zero-order chi connectivity index (χ0) is 14.1. The van der Waals surface area contributed by atoms with Crippen molar-refractivity contribution in [3.05, 3.63) is 50.5 Å². The van der Waals surface area contributed by atoms with Gasteiger partial charge in [0.25, 0.3) is 0 Å². The molecule has 3 rings (SSSR count). The van der Waals surface area contributed by atoms with Gasteiger partial charge in [0.05, 0.1) is 9.26 Å². The molecule has 0 saturated heterocycles. The Morgan fingerprint density at radius 1 is 1.25 bits per heavy atom. The molecule has 0 saturated carbocycles. The van der Waals surface area contributed by atoms with Crippen LogP contribution < -0.4 is 5.32 Å². The zero-order valence-electron chi connectivity index (χ0n) is 11.8. The van der Waals surface area contributed by atoms with Gasteiger partial charge in [0.2, 0.25) is 0 Å². The number of anilines is 1.